The number of carbonyl (C=O) groups is 1. The molecule has 0 spiro atoms. The van der Waals surface area contributed by atoms with Gasteiger partial charge in [0.15, 0.2) is 5.16 Å². The van der Waals surface area contributed by atoms with Gasteiger partial charge in [0.25, 0.3) is 5.56 Å². The molecule has 0 aliphatic rings. The predicted octanol–water partition coefficient (Wildman–Crippen LogP) is 1.24. The first-order valence-electron chi connectivity index (χ1n) is 6.34. The maximum atomic E-state index is 12.4. The van der Waals surface area contributed by atoms with Gasteiger partial charge in [-0.05, 0) is 19.1 Å². The summed E-state index contributed by atoms with van der Waals surface area (Å²) in [6.07, 6.45) is 0. The van der Waals surface area contributed by atoms with Crippen LogP contribution >= 0.6 is 11.8 Å². The highest BCUT2D eigenvalue weighted by atomic mass is 32.2. The Morgan fingerprint density at radius 1 is 1.29 bits per heavy atom. The maximum Gasteiger partial charge on any atom is 0.313 e. The van der Waals surface area contributed by atoms with Crippen molar-refractivity contribution in [3.8, 4) is 0 Å². The zero-order chi connectivity index (χ0) is 15.0. The minimum atomic E-state index is -0.942. The fourth-order valence-corrected chi connectivity index (χ4v) is 2.94. The van der Waals surface area contributed by atoms with E-state index in [-0.39, 0.29) is 17.0 Å². The highest BCUT2D eigenvalue weighted by Crippen LogP contribution is 2.21. The van der Waals surface area contributed by atoms with Gasteiger partial charge in [-0.25, -0.2) is 0 Å². The van der Waals surface area contributed by atoms with E-state index in [0.29, 0.717) is 11.7 Å². The van der Waals surface area contributed by atoms with Crippen LogP contribution in [-0.2, 0) is 11.3 Å². The quantitative estimate of drug-likeness (QED) is 0.729. The summed E-state index contributed by atoms with van der Waals surface area (Å²) in [6, 6.07) is 7.43. The first-order chi connectivity index (χ1) is 10.1. The molecule has 2 aromatic heterocycles. The minimum absolute atomic E-state index is 0.133. The van der Waals surface area contributed by atoms with E-state index in [4.69, 9.17) is 5.11 Å². The smallest absolute Gasteiger partial charge is 0.313 e. The number of thioether (sulfide) groups is 1. The number of aliphatic carboxylic acids is 1. The largest absolute Gasteiger partial charge is 0.481 e. The van der Waals surface area contributed by atoms with Crippen LogP contribution in [0.4, 0.5) is 0 Å². The van der Waals surface area contributed by atoms with Gasteiger partial charge < -0.3 is 9.67 Å². The van der Waals surface area contributed by atoms with E-state index in [1.165, 1.54) is 0 Å². The SMILES string of the molecule is CCn1c(=O)c2nnc(SCC(=O)O)n2c2ccccc21. The molecule has 108 valence electrons. The van der Waals surface area contributed by atoms with E-state index in [2.05, 4.69) is 10.2 Å². The molecule has 8 heteroatoms. The summed E-state index contributed by atoms with van der Waals surface area (Å²) in [6.45, 7) is 2.42. The predicted molar refractivity (Wildman–Crippen MR) is 78.8 cm³/mol. The summed E-state index contributed by atoms with van der Waals surface area (Å²) in [4.78, 5) is 23.2. The highest BCUT2D eigenvalue weighted by molar-refractivity contribution is 7.99. The van der Waals surface area contributed by atoms with Crippen LogP contribution in [0.25, 0.3) is 16.7 Å². The van der Waals surface area contributed by atoms with Crippen LogP contribution in [0.3, 0.4) is 0 Å². The van der Waals surface area contributed by atoms with E-state index < -0.39 is 5.97 Å². The van der Waals surface area contributed by atoms with Gasteiger partial charge in [-0.15, -0.1) is 10.2 Å². The third-order valence-electron chi connectivity index (χ3n) is 3.12. The van der Waals surface area contributed by atoms with Crippen molar-refractivity contribution in [2.45, 2.75) is 18.6 Å². The Hall–Kier alpha value is -2.35. The third kappa shape index (κ3) is 2.17. The minimum Gasteiger partial charge on any atom is -0.481 e. The molecule has 0 unspecified atom stereocenters. The molecule has 2 heterocycles. The Labute approximate surface area is 123 Å². The summed E-state index contributed by atoms with van der Waals surface area (Å²) >= 11 is 1.04. The van der Waals surface area contributed by atoms with Crippen LogP contribution in [0.1, 0.15) is 6.92 Å². The molecule has 1 aromatic carbocycles. The molecular formula is C13H12N4O3S. The number of hydrogen-bond donors (Lipinski definition) is 1. The van der Waals surface area contributed by atoms with E-state index in [1.807, 2.05) is 31.2 Å². The standard InChI is InChI=1S/C13H12N4O3S/c1-2-16-8-5-3-4-6-9(8)17-11(12(16)20)14-15-13(17)21-7-10(18)19/h3-6H,2,7H2,1H3,(H,18,19). The van der Waals surface area contributed by atoms with Gasteiger partial charge in [-0.2, -0.15) is 0 Å². The van der Waals surface area contributed by atoms with Crippen LogP contribution in [0.5, 0.6) is 0 Å². The number of fused-ring (bicyclic) bond motifs is 3. The number of aromatic nitrogens is 4. The monoisotopic (exact) mass is 304 g/mol. The van der Waals surface area contributed by atoms with Crippen LogP contribution in [0, 0.1) is 0 Å². The molecule has 0 bridgehead atoms. The summed E-state index contributed by atoms with van der Waals surface area (Å²) < 4.78 is 3.25. The van der Waals surface area contributed by atoms with Crippen LogP contribution < -0.4 is 5.56 Å². The van der Waals surface area contributed by atoms with Gasteiger partial charge in [-0.1, -0.05) is 23.9 Å². The van der Waals surface area contributed by atoms with Crippen molar-refractivity contribution >= 4 is 34.4 Å². The molecule has 0 fully saturated rings. The first kappa shape index (κ1) is 13.6. The number of carboxylic acid groups (broad SMARTS) is 1. The van der Waals surface area contributed by atoms with Crippen molar-refractivity contribution in [3.63, 3.8) is 0 Å². The van der Waals surface area contributed by atoms with Crippen molar-refractivity contribution in [1.82, 2.24) is 19.2 Å². The molecule has 21 heavy (non-hydrogen) atoms. The number of aryl methyl sites for hydroxylation is 1. The Balaban J connectivity index is 2.36. The Morgan fingerprint density at radius 2 is 2.00 bits per heavy atom. The lowest BCUT2D eigenvalue weighted by atomic mass is 10.3. The molecule has 3 rings (SSSR count). The lowest BCUT2D eigenvalue weighted by Crippen LogP contribution is -2.22. The van der Waals surface area contributed by atoms with E-state index in [9.17, 15) is 9.59 Å². The molecular weight excluding hydrogens is 292 g/mol. The number of hydrogen-bond acceptors (Lipinski definition) is 5. The van der Waals surface area contributed by atoms with Crippen molar-refractivity contribution in [3.05, 3.63) is 34.6 Å². The zero-order valence-electron chi connectivity index (χ0n) is 11.2. The molecule has 3 aromatic rings. The average molecular weight is 304 g/mol. The van der Waals surface area contributed by atoms with Crippen LogP contribution in [-0.4, -0.2) is 36.0 Å². The molecule has 0 atom stereocenters. The van der Waals surface area contributed by atoms with Crippen molar-refractivity contribution in [1.29, 1.82) is 0 Å². The summed E-state index contributed by atoms with van der Waals surface area (Å²) in [5.41, 5.74) is 1.54. The second kappa shape index (κ2) is 5.21. The molecule has 0 saturated carbocycles. The first-order valence-corrected chi connectivity index (χ1v) is 7.33. The van der Waals surface area contributed by atoms with Gasteiger partial charge in [0.1, 0.15) is 0 Å². The molecule has 0 aliphatic heterocycles. The molecule has 0 aliphatic carbocycles. The zero-order valence-corrected chi connectivity index (χ0v) is 12.0. The second-order valence-electron chi connectivity index (χ2n) is 4.36. The summed E-state index contributed by atoms with van der Waals surface area (Å²) in [5.74, 6) is -1.07. The average Bonchev–Trinajstić information content (AvgIpc) is 2.90. The number of para-hydroxylation sites is 2. The van der Waals surface area contributed by atoms with Crippen LogP contribution in [0.2, 0.25) is 0 Å². The molecule has 7 nitrogen and oxygen atoms in total. The van der Waals surface area contributed by atoms with Crippen molar-refractivity contribution in [2.75, 3.05) is 5.75 Å². The van der Waals surface area contributed by atoms with E-state index in [1.54, 1.807) is 8.97 Å². The molecule has 0 radical (unpaired) electrons. The van der Waals surface area contributed by atoms with Gasteiger partial charge in [0.05, 0.1) is 16.8 Å². The van der Waals surface area contributed by atoms with Gasteiger partial charge in [-0.3, -0.25) is 14.0 Å². The van der Waals surface area contributed by atoms with Crippen molar-refractivity contribution in [2.24, 2.45) is 0 Å². The van der Waals surface area contributed by atoms with Crippen LogP contribution in [0.15, 0.2) is 34.2 Å². The topological polar surface area (TPSA) is 89.5 Å². The van der Waals surface area contributed by atoms with Gasteiger partial charge >= 0.3 is 5.97 Å². The number of rotatable bonds is 4. The number of benzene rings is 1. The molecule has 0 amide bonds. The Kier molecular flexibility index (Phi) is 3.38. The third-order valence-corrected chi connectivity index (χ3v) is 4.04. The summed E-state index contributed by atoms with van der Waals surface area (Å²) in [7, 11) is 0. The number of nitrogens with zero attached hydrogens (tertiary/aromatic N) is 4. The fourth-order valence-electron chi connectivity index (χ4n) is 2.27. The van der Waals surface area contributed by atoms with Gasteiger partial charge in [0, 0.05) is 6.54 Å². The number of carboxylic acids is 1. The lowest BCUT2D eigenvalue weighted by molar-refractivity contribution is -0.133. The Morgan fingerprint density at radius 3 is 2.67 bits per heavy atom. The van der Waals surface area contributed by atoms with E-state index >= 15 is 0 Å². The Bertz CT molecular complexity index is 899. The highest BCUT2D eigenvalue weighted by Gasteiger charge is 2.16. The van der Waals surface area contributed by atoms with E-state index in [0.717, 1.165) is 22.8 Å². The second-order valence-corrected chi connectivity index (χ2v) is 5.30. The maximum absolute atomic E-state index is 12.4. The lowest BCUT2D eigenvalue weighted by Gasteiger charge is -2.10. The summed E-state index contributed by atoms with van der Waals surface area (Å²) in [5, 5.41) is 17.1. The molecule has 1 N–H and O–H groups in total. The van der Waals surface area contributed by atoms with Crippen molar-refractivity contribution < 1.29 is 9.90 Å². The molecule has 0 saturated heterocycles. The normalized spacial score (nSPS) is 11.3. The van der Waals surface area contributed by atoms with Gasteiger partial charge in [0.2, 0.25) is 5.65 Å². The fraction of sp³-hybridized carbons (Fsp3) is 0.231.